The quantitative estimate of drug-likeness (QED) is 0.916. The van der Waals surface area contributed by atoms with Gasteiger partial charge >= 0.3 is 0 Å². The van der Waals surface area contributed by atoms with E-state index in [1.165, 1.54) is 0 Å². The monoisotopic (exact) mass is 313 g/mol. The molecule has 1 fully saturated rings. The third-order valence-electron chi connectivity index (χ3n) is 4.19. The molecule has 1 aliphatic heterocycles. The third-order valence-corrected chi connectivity index (χ3v) is 4.19. The predicted molar refractivity (Wildman–Crippen MR) is 87.6 cm³/mol. The highest BCUT2D eigenvalue weighted by Gasteiger charge is 2.31. The Hall–Kier alpha value is -2.21. The van der Waals surface area contributed by atoms with Crippen LogP contribution in [0.4, 0.5) is 0 Å². The summed E-state index contributed by atoms with van der Waals surface area (Å²) in [6, 6.07) is 4.03. The van der Waals surface area contributed by atoms with E-state index in [0.29, 0.717) is 6.54 Å². The Morgan fingerprint density at radius 1 is 1.48 bits per heavy atom. The molecule has 6 heteroatoms. The van der Waals surface area contributed by atoms with E-state index in [9.17, 15) is 4.79 Å². The minimum Gasteiger partial charge on any atom is -0.344 e. The van der Waals surface area contributed by atoms with Crippen molar-refractivity contribution in [1.82, 2.24) is 24.8 Å². The Labute approximate surface area is 136 Å². The van der Waals surface area contributed by atoms with E-state index in [4.69, 9.17) is 0 Å². The number of pyridine rings is 1. The van der Waals surface area contributed by atoms with E-state index in [-0.39, 0.29) is 11.9 Å². The van der Waals surface area contributed by atoms with Crippen LogP contribution in [-0.4, -0.2) is 50.8 Å². The second kappa shape index (κ2) is 6.91. The van der Waals surface area contributed by atoms with Crippen LogP contribution in [0, 0.1) is 6.92 Å². The van der Waals surface area contributed by atoms with Crippen molar-refractivity contribution in [3.63, 3.8) is 0 Å². The zero-order valence-electron chi connectivity index (χ0n) is 13.7. The summed E-state index contributed by atoms with van der Waals surface area (Å²) in [7, 11) is 1.97. The van der Waals surface area contributed by atoms with E-state index in [1.807, 2.05) is 48.3 Å². The number of nitrogens with zero attached hydrogens (tertiary/aromatic N) is 4. The van der Waals surface area contributed by atoms with Crippen molar-refractivity contribution in [3.8, 4) is 0 Å². The van der Waals surface area contributed by atoms with E-state index >= 15 is 0 Å². The molecule has 0 saturated carbocycles. The highest BCUT2D eigenvalue weighted by Crippen LogP contribution is 2.30. The highest BCUT2D eigenvalue weighted by molar-refractivity contribution is 5.79. The lowest BCUT2D eigenvalue weighted by Crippen LogP contribution is -2.38. The number of hydrogen-bond acceptors (Lipinski definition) is 4. The molecule has 23 heavy (non-hydrogen) atoms. The van der Waals surface area contributed by atoms with E-state index < -0.39 is 0 Å². The number of imidazole rings is 1. The van der Waals surface area contributed by atoms with Crippen LogP contribution >= 0.6 is 0 Å². The maximum atomic E-state index is 12.7. The zero-order valence-corrected chi connectivity index (χ0v) is 13.7. The number of carbonyl (C=O) groups excluding carboxylic acids is 1. The minimum atomic E-state index is 0.0861. The van der Waals surface area contributed by atoms with Crippen LogP contribution in [0.2, 0.25) is 0 Å². The molecule has 122 valence electrons. The lowest BCUT2D eigenvalue weighted by Gasteiger charge is -2.26. The number of carbonyl (C=O) groups is 1. The van der Waals surface area contributed by atoms with Gasteiger partial charge in [0, 0.05) is 37.4 Å². The first-order chi connectivity index (χ1) is 11.1. The van der Waals surface area contributed by atoms with Crippen molar-refractivity contribution in [2.75, 3.05) is 20.1 Å². The van der Waals surface area contributed by atoms with Crippen molar-refractivity contribution in [2.24, 2.45) is 0 Å². The van der Waals surface area contributed by atoms with Gasteiger partial charge in [-0.15, -0.1) is 0 Å². The van der Waals surface area contributed by atoms with Gasteiger partial charge in [0.15, 0.2) is 0 Å². The number of likely N-dealkylation sites (N-methyl/N-ethyl adjacent to an activating group) is 1. The number of aromatic amines is 1. The SMILES string of the molecule is Cc1cnc([C@@H]2CCCN2C(=O)CN(C)Cc2cccnc2)[nH]1. The molecule has 0 aliphatic carbocycles. The van der Waals surface area contributed by atoms with Gasteiger partial charge < -0.3 is 9.88 Å². The second-order valence-electron chi connectivity index (χ2n) is 6.23. The van der Waals surface area contributed by atoms with Crippen molar-refractivity contribution >= 4 is 5.91 Å². The normalized spacial score (nSPS) is 17.9. The van der Waals surface area contributed by atoms with Crippen LogP contribution in [0.3, 0.4) is 0 Å². The molecule has 1 N–H and O–H groups in total. The number of rotatable bonds is 5. The lowest BCUT2D eigenvalue weighted by atomic mass is 10.2. The van der Waals surface area contributed by atoms with Crippen molar-refractivity contribution in [3.05, 3.63) is 47.8 Å². The molecule has 0 radical (unpaired) electrons. The lowest BCUT2D eigenvalue weighted by molar-refractivity contribution is -0.133. The molecular weight excluding hydrogens is 290 g/mol. The van der Waals surface area contributed by atoms with Crippen LogP contribution in [0.15, 0.2) is 30.7 Å². The fourth-order valence-corrected chi connectivity index (χ4v) is 3.13. The van der Waals surface area contributed by atoms with Gasteiger partial charge in [-0.05, 0) is 38.4 Å². The smallest absolute Gasteiger partial charge is 0.237 e. The molecule has 0 bridgehead atoms. The van der Waals surface area contributed by atoms with Gasteiger partial charge in [0.2, 0.25) is 5.91 Å². The highest BCUT2D eigenvalue weighted by atomic mass is 16.2. The van der Waals surface area contributed by atoms with Gasteiger partial charge in [-0.1, -0.05) is 6.07 Å². The molecule has 1 amide bonds. The van der Waals surface area contributed by atoms with Crippen molar-refractivity contribution < 1.29 is 4.79 Å². The largest absolute Gasteiger partial charge is 0.344 e. The number of H-pyrrole nitrogens is 1. The summed E-state index contributed by atoms with van der Waals surface area (Å²) in [5.41, 5.74) is 2.15. The Morgan fingerprint density at radius 2 is 2.35 bits per heavy atom. The molecule has 1 aliphatic rings. The van der Waals surface area contributed by atoms with E-state index in [2.05, 4.69) is 15.0 Å². The fourth-order valence-electron chi connectivity index (χ4n) is 3.13. The molecule has 0 unspecified atom stereocenters. The summed E-state index contributed by atoms with van der Waals surface area (Å²) >= 11 is 0. The second-order valence-corrected chi connectivity index (χ2v) is 6.23. The average molecular weight is 313 g/mol. The number of nitrogens with one attached hydrogen (secondary N) is 1. The zero-order chi connectivity index (χ0) is 16.2. The number of amides is 1. The Morgan fingerprint density at radius 3 is 3.04 bits per heavy atom. The summed E-state index contributed by atoms with van der Waals surface area (Å²) in [6.07, 6.45) is 7.43. The summed E-state index contributed by atoms with van der Waals surface area (Å²) in [4.78, 5) is 28.4. The molecule has 1 saturated heterocycles. The van der Waals surface area contributed by atoms with Crippen LogP contribution in [0.25, 0.3) is 0 Å². The van der Waals surface area contributed by atoms with Crippen LogP contribution in [-0.2, 0) is 11.3 Å². The van der Waals surface area contributed by atoms with Crippen molar-refractivity contribution in [1.29, 1.82) is 0 Å². The molecule has 2 aromatic rings. The van der Waals surface area contributed by atoms with Gasteiger partial charge in [0.05, 0.1) is 12.6 Å². The van der Waals surface area contributed by atoms with E-state index in [0.717, 1.165) is 43.0 Å². The van der Waals surface area contributed by atoms with Gasteiger partial charge in [-0.2, -0.15) is 0 Å². The Kier molecular flexibility index (Phi) is 4.71. The topological polar surface area (TPSA) is 65.1 Å². The Bertz CT molecular complexity index is 654. The summed E-state index contributed by atoms with van der Waals surface area (Å²) < 4.78 is 0. The van der Waals surface area contributed by atoms with Crippen LogP contribution < -0.4 is 0 Å². The number of likely N-dealkylation sites (tertiary alicyclic amines) is 1. The first-order valence-electron chi connectivity index (χ1n) is 8.02. The molecular formula is C17H23N5O. The molecule has 1 atom stereocenters. The maximum Gasteiger partial charge on any atom is 0.237 e. The first kappa shape index (κ1) is 15.7. The third kappa shape index (κ3) is 3.76. The van der Waals surface area contributed by atoms with Gasteiger partial charge in [-0.3, -0.25) is 14.7 Å². The van der Waals surface area contributed by atoms with E-state index in [1.54, 1.807) is 6.20 Å². The average Bonchev–Trinajstić information content (AvgIpc) is 3.16. The summed E-state index contributed by atoms with van der Waals surface area (Å²) in [6.45, 7) is 3.92. The van der Waals surface area contributed by atoms with Gasteiger partial charge in [0.25, 0.3) is 0 Å². The Balaban J connectivity index is 1.60. The minimum absolute atomic E-state index is 0.0861. The van der Waals surface area contributed by atoms with Gasteiger partial charge in [0.1, 0.15) is 5.82 Å². The first-order valence-corrected chi connectivity index (χ1v) is 8.02. The summed E-state index contributed by atoms with van der Waals surface area (Å²) in [5.74, 6) is 1.07. The molecule has 6 nitrogen and oxygen atoms in total. The summed E-state index contributed by atoms with van der Waals surface area (Å²) in [5, 5.41) is 0. The van der Waals surface area contributed by atoms with Crippen LogP contribution in [0.1, 0.15) is 36.0 Å². The molecule has 3 rings (SSSR count). The van der Waals surface area contributed by atoms with Crippen LogP contribution in [0.5, 0.6) is 0 Å². The number of hydrogen-bond donors (Lipinski definition) is 1. The van der Waals surface area contributed by atoms with Crippen molar-refractivity contribution in [2.45, 2.75) is 32.4 Å². The maximum absolute atomic E-state index is 12.7. The molecule has 0 spiro atoms. The molecule has 3 heterocycles. The predicted octanol–water partition coefficient (Wildman–Crippen LogP) is 1.91. The standard InChI is InChI=1S/C17H23N5O/c1-13-9-19-17(20-13)15-6-4-8-22(15)16(23)12-21(2)11-14-5-3-7-18-10-14/h3,5,7,9-10,15H,4,6,8,11-12H2,1-2H3,(H,19,20)/t15-/m0/s1. The fraction of sp³-hybridized carbons (Fsp3) is 0.471. The van der Waals surface area contributed by atoms with Gasteiger partial charge in [-0.25, -0.2) is 4.98 Å². The number of aryl methyl sites for hydroxylation is 1. The molecule has 0 aromatic carbocycles. The number of aromatic nitrogens is 3. The molecule has 2 aromatic heterocycles.